The van der Waals surface area contributed by atoms with Gasteiger partial charge in [-0.25, -0.2) is 18.7 Å². The van der Waals surface area contributed by atoms with Crippen LogP contribution in [0, 0.1) is 11.6 Å². The minimum Gasteiger partial charge on any atom is -0.497 e. The summed E-state index contributed by atoms with van der Waals surface area (Å²) in [4.78, 5) is 15.1. The molecule has 4 rings (SSSR count). The normalized spacial score (nSPS) is 14.0. The summed E-state index contributed by atoms with van der Waals surface area (Å²) in [5.74, 6) is -0.351. The SMILES string of the molecule is COc1cc(F)c(CN2CCc3nc(-c4ccncc4)ncc3C2)c(F)c1. The molecule has 7 heteroatoms. The van der Waals surface area contributed by atoms with Crippen LogP contribution in [0.25, 0.3) is 11.4 Å². The van der Waals surface area contributed by atoms with Crippen LogP contribution >= 0.6 is 0 Å². The van der Waals surface area contributed by atoms with Gasteiger partial charge in [-0.15, -0.1) is 0 Å². The Bertz CT molecular complexity index is 942. The molecule has 5 nitrogen and oxygen atoms in total. The smallest absolute Gasteiger partial charge is 0.159 e. The molecule has 1 aromatic carbocycles. The van der Waals surface area contributed by atoms with Gasteiger partial charge in [0.05, 0.1) is 12.8 Å². The van der Waals surface area contributed by atoms with E-state index in [2.05, 4.69) is 15.0 Å². The van der Waals surface area contributed by atoms with E-state index in [9.17, 15) is 8.78 Å². The lowest BCUT2D eigenvalue weighted by atomic mass is 10.1. The summed E-state index contributed by atoms with van der Waals surface area (Å²) >= 11 is 0. The number of fused-ring (bicyclic) bond motifs is 1. The van der Waals surface area contributed by atoms with Crippen molar-refractivity contribution < 1.29 is 13.5 Å². The Morgan fingerprint density at radius 1 is 1.15 bits per heavy atom. The highest BCUT2D eigenvalue weighted by molar-refractivity contribution is 5.54. The number of pyridine rings is 1. The molecule has 27 heavy (non-hydrogen) atoms. The van der Waals surface area contributed by atoms with Gasteiger partial charge in [0.15, 0.2) is 5.82 Å². The Hall–Kier alpha value is -2.93. The van der Waals surface area contributed by atoms with Crippen molar-refractivity contribution in [1.29, 1.82) is 0 Å². The molecule has 0 aliphatic carbocycles. The van der Waals surface area contributed by atoms with E-state index in [4.69, 9.17) is 4.74 Å². The summed E-state index contributed by atoms with van der Waals surface area (Å²) in [5.41, 5.74) is 2.92. The Balaban J connectivity index is 1.53. The Morgan fingerprint density at radius 2 is 1.89 bits per heavy atom. The molecule has 1 aliphatic rings. The van der Waals surface area contributed by atoms with Gasteiger partial charge in [-0.2, -0.15) is 0 Å². The summed E-state index contributed by atoms with van der Waals surface area (Å²) in [6.45, 7) is 1.41. The van der Waals surface area contributed by atoms with Crippen LogP contribution in [0.4, 0.5) is 8.78 Å². The molecule has 0 spiro atoms. The van der Waals surface area contributed by atoms with Crippen LogP contribution in [0.2, 0.25) is 0 Å². The van der Waals surface area contributed by atoms with Crippen LogP contribution in [-0.2, 0) is 19.5 Å². The molecule has 0 amide bonds. The third kappa shape index (κ3) is 3.64. The standard InChI is InChI=1S/C20H18F2N4O/c1-27-15-8-17(21)16(18(22)9-15)12-26-7-4-19-14(11-26)10-24-20(25-19)13-2-5-23-6-3-13/h2-3,5-6,8-10H,4,7,11-12H2,1H3. The van der Waals surface area contributed by atoms with Crippen LogP contribution in [0.5, 0.6) is 5.75 Å². The van der Waals surface area contributed by atoms with Crippen molar-refractivity contribution in [3.63, 3.8) is 0 Å². The second-order valence-electron chi connectivity index (χ2n) is 6.43. The first kappa shape index (κ1) is 17.5. The number of methoxy groups -OCH3 is 1. The Kier molecular flexibility index (Phi) is 4.77. The summed E-state index contributed by atoms with van der Waals surface area (Å²) in [5, 5.41) is 0. The maximum absolute atomic E-state index is 14.2. The monoisotopic (exact) mass is 368 g/mol. The van der Waals surface area contributed by atoms with Crippen LogP contribution in [0.15, 0.2) is 42.9 Å². The molecular formula is C20H18F2N4O. The Labute approximate surface area is 155 Å². The predicted molar refractivity (Wildman–Crippen MR) is 96.0 cm³/mol. The number of halogens is 2. The van der Waals surface area contributed by atoms with Crippen LogP contribution < -0.4 is 4.74 Å². The fourth-order valence-electron chi connectivity index (χ4n) is 3.22. The lowest BCUT2D eigenvalue weighted by Gasteiger charge is -2.28. The number of rotatable bonds is 4. The molecule has 0 unspecified atom stereocenters. The van der Waals surface area contributed by atoms with Crippen LogP contribution in [-0.4, -0.2) is 33.5 Å². The van der Waals surface area contributed by atoms with Crippen LogP contribution in [0.1, 0.15) is 16.8 Å². The van der Waals surface area contributed by atoms with Crippen LogP contribution in [0.3, 0.4) is 0 Å². The van der Waals surface area contributed by atoms with Crippen molar-refractivity contribution in [2.75, 3.05) is 13.7 Å². The van der Waals surface area contributed by atoms with Gasteiger partial charge in [0.2, 0.25) is 0 Å². The number of benzene rings is 1. The lowest BCUT2D eigenvalue weighted by Crippen LogP contribution is -2.31. The van der Waals surface area contributed by atoms with E-state index in [-0.39, 0.29) is 17.9 Å². The summed E-state index contributed by atoms with van der Waals surface area (Å²) in [7, 11) is 1.38. The fraction of sp³-hybridized carbons (Fsp3) is 0.250. The lowest BCUT2D eigenvalue weighted by molar-refractivity contribution is 0.235. The molecule has 2 aromatic heterocycles. The van der Waals surface area contributed by atoms with Crippen molar-refractivity contribution in [3.8, 4) is 17.1 Å². The molecule has 0 radical (unpaired) electrons. The summed E-state index contributed by atoms with van der Waals surface area (Å²) in [6.07, 6.45) is 5.91. The van der Waals surface area contributed by atoms with Gasteiger partial charge in [-0.1, -0.05) is 0 Å². The van der Waals surface area contributed by atoms with Crippen molar-refractivity contribution >= 4 is 0 Å². The maximum Gasteiger partial charge on any atom is 0.159 e. The van der Waals surface area contributed by atoms with E-state index in [1.54, 1.807) is 18.6 Å². The van der Waals surface area contributed by atoms with Gasteiger partial charge in [0.25, 0.3) is 0 Å². The van der Waals surface area contributed by atoms with Gasteiger partial charge in [0, 0.05) is 73.5 Å². The molecule has 3 aromatic rings. The maximum atomic E-state index is 14.2. The highest BCUT2D eigenvalue weighted by Crippen LogP contribution is 2.25. The van der Waals surface area contributed by atoms with Crippen molar-refractivity contribution in [1.82, 2.24) is 19.9 Å². The molecule has 3 heterocycles. The predicted octanol–water partition coefficient (Wildman–Crippen LogP) is 3.38. The van der Waals surface area contributed by atoms with Gasteiger partial charge in [0.1, 0.15) is 17.4 Å². The van der Waals surface area contributed by atoms with E-state index in [1.807, 2.05) is 17.0 Å². The fourth-order valence-corrected chi connectivity index (χ4v) is 3.22. The zero-order valence-corrected chi connectivity index (χ0v) is 14.8. The highest BCUT2D eigenvalue weighted by Gasteiger charge is 2.22. The molecule has 0 saturated heterocycles. The van der Waals surface area contributed by atoms with Gasteiger partial charge in [-0.05, 0) is 12.1 Å². The van der Waals surface area contributed by atoms with Crippen molar-refractivity contribution in [3.05, 3.63) is 71.3 Å². The van der Waals surface area contributed by atoms with E-state index in [0.29, 0.717) is 25.3 Å². The number of aromatic nitrogens is 3. The largest absolute Gasteiger partial charge is 0.497 e. The summed E-state index contributed by atoms with van der Waals surface area (Å²) in [6, 6.07) is 6.15. The molecule has 0 saturated carbocycles. The molecule has 1 aliphatic heterocycles. The number of nitrogens with zero attached hydrogens (tertiary/aromatic N) is 4. The second kappa shape index (κ2) is 7.36. The second-order valence-corrected chi connectivity index (χ2v) is 6.43. The molecule has 0 atom stereocenters. The topological polar surface area (TPSA) is 51.1 Å². The summed E-state index contributed by atoms with van der Waals surface area (Å²) < 4.78 is 33.3. The molecule has 0 N–H and O–H groups in total. The first-order valence-corrected chi connectivity index (χ1v) is 8.63. The molecule has 0 bridgehead atoms. The van der Waals surface area contributed by atoms with E-state index >= 15 is 0 Å². The van der Waals surface area contributed by atoms with E-state index in [0.717, 1.165) is 16.8 Å². The van der Waals surface area contributed by atoms with E-state index < -0.39 is 11.6 Å². The zero-order chi connectivity index (χ0) is 18.8. The third-order valence-electron chi connectivity index (χ3n) is 4.68. The van der Waals surface area contributed by atoms with E-state index in [1.165, 1.54) is 19.2 Å². The first-order valence-electron chi connectivity index (χ1n) is 8.63. The number of hydrogen-bond donors (Lipinski definition) is 0. The van der Waals surface area contributed by atoms with Gasteiger partial charge < -0.3 is 4.74 Å². The third-order valence-corrected chi connectivity index (χ3v) is 4.68. The zero-order valence-electron chi connectivity index (χ0n) is 14.8. The highest BCUT2D eigenvalue weighted by atomic mass is 19.1. The van der Waals surface area contributed by atoms with Crippen molar-refractivity contribution in [2.45, 2.75) is 19.5 Å². The molecule has 138 valence electrons. The Morgan fingerprint density at radius 3 is 2.59 bits per heavy atom. The number of ether oxygens (including phenoxy) is 1. The average molecular weight is 368 g/mol. The number of hydrogen-bond acceptors (Lipinski definition) is 5. The minimum atomic E-state index is -0.595. The average Bonchev–Trinajstić information content (AvgIpc) is 2.70. The quantitative estimate of drug-likeness (QED) is 0.707. The van der Waals surface area contributed by atoms with Gasteiger partial charge >= 0.3 is 0 Å². The molecule has 0 fully saturated rings. The van der Waals surface area contributed by atoms with Crippen molar-refractivity contribution in [2.24, 2.45) is 0 Å². The van der Waals surface area contributed by atoms with Gasteiger partial charge in [-0.3, -0.25) is 9.88 Å². The first-order chi connectivity index (χ1) is 13.1. The molecular weight excluding hydrogens is 350 g/mol. The minimum absolute atomic E-state index is 0.0496.